The van der Waals surface area contributed by atoms with Gasteiger partial charge in [-0.15, -0.1) is 0 Å². The molecule has 0 aromatic carbocycles. The quantitative estimate of drug-likeness (QED) is 0.526. The number of hydrogen-bond donors (Lipinski definition) is 0. The molecule has 0 atom stereocenters. The van der Waals surface area contributed by atoms with Crippen molar-refractivity contribution in [1.82, 2.24) is 0 Å². The molecule has 0 aliphatic heterocycles. The molecule has 0 spiro atoms. The molecule has 0 aromatic rings. The Balaban J connectivity index is 2.92. The molecule has 0 fully saturated rings. The third kappa shape index (κ3) is 4.17. The van der Waals surface area contributed by atoms with Gasteiger partial charge in [-0.3, -0.25) is 0 Å². The Kier molecular flexibility index (Phi) is 5.14. The summed E-state index contributed by atoms with van der Waals surface area (Å²) < 4.78 is 0. The summed E-state index contributed by atoms with van der Waals surface area (Å²) >= 11 is 0. The Morgan fingerprint density at radius 1 is 1.00 bits per heavy atom. The van der Waals surface area contributed by atoms with E-state index in [1.807, 2.05) is 0 Å². The highest BCUT2D eigenvalue weighted by molar-refractivity contribution is 4.48. The third-order valence-electron chi connectivity index (χ3n) is 1.56. The summed E-state index contributed by atoms with van der Waals surface area (Å²) in [5, 5.41) is 0. The van der Waals surface area contributed by atoms with Gasteiger partial charge in [-0.25, -0.2) is 0 Å². The topological polar surface area (TPSA) is 0 Å². The minimum absolute atomic E-state index is 0.963. The van der Waals surface area contributed by atoms with Crippen LogP contribution in [-0.4, -0.2) is 0 Å². The van der Waals surface area contributed by atoms with Crippen molar-refractivity contribution in [3.05, 3.63) is 0 Å². The largest absolute Gasteiger partial charge is 0.0654 e. The van der Waals surface area contributed by atoms with Crippen molar-refractivity contribution in [2.45, 2.75) is 46.5 Å². The Hall–Kier alpha value is 0. The Labute approximate surface area is 53.3 Å². The molecule has 0 bridgehead atoms. The van der Waals surface area contributed by atoms with Crippen LogP contribution in [0.1, 0.15) is 46.5 Å². The Morgan fingerprint density at radius 2 is 1.38 bits per heavy atom. The van der Waals surface area contributed by atoms with Gasteiger partial charge in [0.2, 0.25) is 0 Å². The van der Waals surface area contributed by atoms with Gasteiger partial charge in [0, 0.05) is 0 Å². The first-order chi connectivity index (χ1) is 3.81. The zero-order valence-corrected chi connectivity index (χ0v) is 6.41. The first kappa shape index (κ1) is 8.00. The van der Waals surface area contributed by atoms with Gasteiger partial charge in [0.15, 0.2) is 0 Å². The second-order valence-corrected chi connectivity index (χ2v) is 2.68. The average Bonchev–Trinajstić information content (AvgIpc) is 1.68. The fourth-order valence-corrected chi connectivity index (χ4v) is 1.13. The predicted molar refractivity (Wildman–Crippen MR) is 39.0 cm³/mol. The van der Waals surface area contributed by atoms with Crippen LogP contribution in [0.15, 0.2) is 0 Å². The molecule has 0 unspecified atom stereocenters. The van der Waals surface area contributed by atoms with Gasteiger partial charge >= 0.3 is 0 Å². The van der Waals surface area contributed by atoms with Gasteiger partial charge in [0.05, 0.1) is 0 Å². The van der Waals surface area contributed by atoms with E-state index in [4.69, 9.17) is 0 Å². The smallest absolute Gasteiger partial charge is 0.0443 e. The second kappa shape index (κ2) is 5.14. The first-order valence-corrected chi connectivity index (χ1v) is 3.81. The monoisotopic (exact) mass is 114 g/mol. The fourth-order valence-electron chi connectivity index (χ4n) is 1.13. The molecule has 0 amide bonds. The van der Waals surface area contributed by atoms with E-state index < -0.39 is 0 Å². The van der Waals surface area contributed by atoms with Crippen molar-refractivity contribution in [3.8, 4) is 0 Å². The molecule has 0 aliphatic rings. The lowest BCUT2D eigenvalue weighted by Crippen LogP contribution is -1.91. The van der Waals surface area contributed by atoms with Crippen LogP contribution in [-0.2, 0) is 0 Å². The zero-order valence-electron chi connectivity index (χ0n) is 6.41. The summed E-state index contributed by atoms with van der Waals surface area (Å²) in [5.74, 6) is 0.963. The van der Waals surface area contributed by atoms with Gasteiger partial charge in [0.25, 0.3) is 0 Å². The van der Waals surface area contributed by atoms with Crippen LogP contribution in [0.4, 0.5) is 0 Å². The molecule has 0 nitrogen and oxygen atoms in total. The highest BCUT2D eigenvalue weighted by Gasteiger charge is 1.95. The van der Waals surface area contributed by atoms with Crippen LogP contribution in [0, 0.1) is 5.92 Å². The highest BCUT2D eigenvalue weighted by Crippen LogP contribution is 2.10. The van der Waals surface area contributed by atoms with Gasteiger partial charge in [0.1, 0.15) is 0 Å². The summed E-state index contributed by atoms with van der Waals surface area (Å²) in [6.07, 6.45) is 5.52. The molecule has 0 heterocycles. The van der Waals surface area contributed by atoms with Gasteiger partial charge < -0.3 is 0 Å². The number of rotatable bonds is 4. The lowest BCUT2D eigenvalue weighted by Gasteiger charge is -2.05. The van der Waals surface area contributed by atoms with Gasteiger partial charge in [-0.2, -0.15) is 0 Å². The van der Waals surface area contributed by atoms with E-state index in [1.165, 1.54) is 25.7 Å². The molecule has 50 valence electrons. The predicted octanol–water partition coefficient (Wildman–Crippen LogP) is 3.22. The van der Waals surface area contributed by atoms with Crippen LogP contribution in [0.2, 0.25) is 0 Å². The molecule has 0 radical (unpaired) electrons. The van der Waals surface area contributed by atoms with Crippen LogP contribution in [0.3, 0.4) is 0 Å². The molecule has 0 aromatic heterocycles. The molecule has 0 saturated carbocycles. The van der Waals surface area contributed by atoms with Crippen molar-refractivity contribution in [3.63, 3.8) is 0 Å². The van der Waals surface area contributed by atoms with E-state index >= 15 is 0 Å². The van der Waals surface area contributed by atoms with E-state index in [2.05, 4.69) is 20.8 Å². The van der Waals surface area contributed by atoms with Crippen LogP contribution >= 0.6 is 0 Å². The van der Waals surface area contributed by atoms with E-state index in [1.54, 1.807) is 0 Å². The molecule has 0 N–H and O–H groups in total. The highest BCUT2D eigenvalue weighted by atomic mass is 14.0. The normalized spacial score (nSPS) is 10.5. The lowest BCUT2D eigenvalue weighted by molar-refractivity contribution is 0.480. The van der Waals surface area contributed by atoms with E-state index in [0.717, 1.165) is 5.92 Å². The van der Waals surface area contributed by atoms with Gasteiger partial charge in [-0.05, 0) is 5.92 Å². The van der Waals surface area contributed by atoms with Crippen molar-refractivity contribution in [1.29, 1.82) is 0 Å². The Morgan fingerprint density at radius 3 is 1.62 bits per heavy atom. The van der Waals surface area contributed by atoms with Gasteiger partial charge in [-0.1, -0.05) is 46.5 Å². The van der Waals surface area contributed by atoms with Crippen molar-refractivity contribution in [2.75, 3.05) is 0 Å². The fraction of sp³-hybridized carbons (Fsp3) is 1.00. The maximum absolute atomic E-state index is 2.34. The standard InChI is InChI=1S/C8H18/c1-4-6-8(3)7-5-2/h8H,4-7H2,1-3H3. The Bertz CT molecular complexity index is 33.3. The lowest BCUT2D eigenvalue weighted by atomic mass is 10.0. The van der Waals surface area contributed by atoms with Crippen LogP contribution in [0.5, 0.6) is 0 Å². The molecule has 0 saturated heterocycles. The van der Waals surface area contributed by atoms with E-state index in [-0.39, 0.29) is 0 Å². The zero-order chi connectivity index (χ0) is 6.41. The molecular formula is C8H18. The maximum atomic E-state index is 2.34. The second-order valence-electron chi connectivity index (χ2n) is 2.68. The summed E-state index contributed by atoms with van der Waals surface area (Å²) in [6.45, 7) is 6.85. The molecule has 0 aliphatic carbocycles. The molecule has 0 heteroatoms. The molecule has 0 rings (SSSR count). The van der Waals surface area contributed by atoms with Crippen LogP contribution in [0.25, 0.3) is 0 Å². The van der Waals surface area contributed by atoms with E-state index in [9.17, 15) is 0 Å². The average molecular weight is 114 g/mol. The maximum Gasteiger partial charge on any atom is -0.0443 e. The summed E-state index contributed by atoms with van der Waals surface area (Å²) in [4.78, 5) is 0. The number of hydrogen-bond acceptors (Lipinski definition) is 0. The summed E-state index contributed by atoms with van der Waals surface area (Å²) in [5.41, 5.74) is 0. The third-order valence-corrected chi connectivity index (χ3v) is 1.56. The molecule has 8 heavy (non-hydrogen) atoms. The van der Waals surface area contributed by atoms with E-state index in [0.29, 0.717) is 0 Å². The van der Waals surface area contributed by atoms with Crippen LogP contribution < -0.4 is 0 Å². The van der Waals surface area contributed by atoms with Crippen molar-refractivity contribution in [2.24, 2.45) is 5.92 Å². The minimum atomic E-state index is 0.963. The first-order valence-electron chi connectivity index (χ1n) is 3.81. The summed E-state index contributed by atoms with van der Waals surface area (Å²) in [7, 11) is 0. The van der Waals surface area contributed by atoms with Crippen molar-refractivity contribution < 1.29 is 0 Å². The molecular weight excluding hydrogens is 96.1 g/mol. The SMILES string of the molecule is CCCC(C)CCC. The van der Waals surface area contributed by atoms with Crippen molar-refractivity contribution >= 4 is 0 Å². The minimum Gasteiger partial charge on any atom is -0.0654 e. The summed E-state index contributed by atoms with van der Waals surface area (Å²) in [6, 6.07) is 0.